The van der Waals surface area contributed by atoms with Gasteiger partial charge in [0, 0.05) is 19.9 Å². The zero-order valence-corrected chi connectivity index (χ0v) is 13.3. The van der Waals surface area contributed by atoms with Crippen LogP contribution in [0.15, 0.2) is 18.3 Å². The van der Waals surface area contributed by atoms with Gasteiger partial charge in [-0.1, -0.05) is 0 Å². The third-order valence-corrected chi connectivity index (χ3v) is 4.68. The molecule has 1 aliphatic heterocycles. The van der Waals surface area contributed by atoms with Crippen LogP contribution in [0.1, 0.15) is 35.3 Å². The van der Waals surface area contributed by atoms with Gasteiger partial charge in [-0.3, -0.25) is 9.78 Å². The highest BCUT2D eigenvalue weighted by molar-refractivity contribution is 5.92. The van der Waals surface area contributed by atoms with Crippen molar-refractivity contribution < 1.29 is 27.4 Å². The average Bonchev–Trinajstić information content (AvgIpc) is 2.59. The maximum atomic E-state index is 12.7. The molecule has 0 N–H and O–H groups in total. The fourth-order valence-corrected chi connectivity index (χ4v) is 3.37. The van der Waals surface area contributed by atoms with Crippen molar-refractivity contribution in [1.82, 2.24) is 9.88 Å². The van der Waals surface area contributed by atoms with Crippen LogP contribution in [0.3, 0.4) is 0 Å². The van der Waals surface area contributed by atoms with Crippen LogP contribution in [0.5, 0.6) is 0 Å². The molecule has 1 amide bonds. The van der Waals surface area contributed by atoms with Crippen molar-refractivity contribution in [2.45, 2.75) is 43.7 Å². The molecule has 0 aromatic carbocycles. The van der Waals surface area contributed by atoms with Gasteiger partial charge in [-0.25, -0.2) is 0 Å². The summed E-state index contributed by atoms with van der Waals surface area (Å²) in [4.78, 5) is 18.1. The highest BCUT2D eigenvalue weighted by Crippen LogP contribution is 2.31. The number of nitrogens with zero attached hydrogens (tertiary/aromatic N) is 2. The number of alkyl halides is 3. The molecule has 0 bridgehead atoms. The van der Waals surface area contributed by atoms with Gasteiger partial charge < -0.3 is 14.4 Å². The Morgan fingerprint density at radius 2 is 2.17 bits per heavy atom. The number of methoxy groups -OCH3 is 1. The highest BCUT2D eigenvalue weighted by Gasteiger charge is 2.40. The molecule has 2 aliphatic rings. The van der Waals surface area contributed by atoms with Crippen molar-refractivity contribution in [3.63, 3.8) is 0 Å². The predicted molar refractivity (Wildman–Crippen MR) is 78.5 cm³/mol. The lowest BCUT2D eigenvalue weighted by atomic mass is 9.87. The maximum absolute atomic E-state index is 12.7. The molecule has 3 rings (SSSR count). The summed E-state index contributed by atoms with van der Waals surface area (Å²) in [6.07, 6.45) is -1.43. The molecule has 3 atom stereocenters. The molecule has 1 aromatic heterocycles. The Morgan fingerprint density at radius 3 is 2.79 bits per heavy atom. The quantitative estimate of drug-likeness (QED) is 0.827. The number of halogens is 3. The van der Waals surface area contributed by atoms with Crippen LogP contribution in [0.2, 0.25) is 0 Å². The number of ether oxygens (including phenoxy) is 2. The molecule has 1 saturated heterocycles. The minimum Gasteiger partial charge on any atom is -0.381 e. The fourth-order valence-electron chi connectivity index (χ4n) is 3.37. The number of carbonyl (C=O) groups excluding carboxylic acids is 1. The van der Waals surface area contributed by atoms with Crippen LogP contribution >= 0.6 is 0 Å². The number of aromatic nitrogens is 1. The third kappa shape index (κ3) is 3.39. The zero-order chi connectivity index (χ0) is 17.3. The number of fused-ring (bicyclic) bond motifs is 1. The molecule has 24 heavy (non-hydrogen) atoms. The molecule has 0 radical (unpaired) electrons. The zero-order valence-electron chi connectivity index (χ0n) is 13.3. The Labute approximate surface area is 137 Å². The summed E-state index contributed by atoms with van der Waals surface area (Å²) in [5, 5.41) is 0. The van der Waals surface area contributed by atoms with Gasteiger partial charge in [-0.15, -0.1) is 0 Å². The molecular weight excluding hydrogens is 325 g/mol. The second-order valence-electron chi connectivity index (χ2n) is 6.08. The first-order chi connectivity index (χ1) is 11.4. The van der Waals surface area contributed by atoms with E-state index in [-0.39, 0.29) is 29.9 Å². The molecule has 1 aliphatic carbocycles. The lowest BCUT2D eigenvalue weighted by molar-refractivity contribution is -0.137. The normalized spacial score (nSPS) is 27.7. The van der Waals surface area contributed by atoms with Crippen molar-refractivity contribution in [2.24, 2.45) is 0 Å². The lowest BCUT2D eigenvalue weighted by Gasteiger charge is -2.45. The van der Waals surface area contributed by atoms with Gasteiger partial charge in [0.1, 0.15) is 5.69 Å². The van der Waals surface area contributed by atoms with Crippen molar-refractivity contribution in [2.75, 3.05) is 20.3 Å². The number of rotatable bonds is 2. The molecule has 3 unspecified atom stereocenters. The van der Waals surface area contributed by atoms with Gasteiger partial charge in [0.15, 0.2) is 0 Å². The van der Waals surface area contributed by atoms with E-state index in [1.165, 1.54) is 0 Å². The van der Waals surface area contributed by atoms with Gasteiger partial charge in [-0.05, 0) is 31.4 Å². The molecule has 1 aromatic rings. The Hall–Kier alpha value is -1.67. The van der Waals surface area contributed by atoms with Crippen molar-refractivity contribution in [3.05, 3.63) is 29.6 Å². The van der Waals surface area contributed by atoms with E-state index in [0.717, 1.165) is 25.0 Å². The first-order valence-corrected chi connectivity index (χ1v) is 7.88. The molecule has 5 nitrogen and oxygen atoms in total. The summed E-state index contributed by atoms with van der Waals surface area (Å²) in [7, 11) is 1.64. The van der Waals surface area contributed by atoms with Crippen molar-refractivity contribution in [1.29, 1.82) is 0 Å². The van der Waals surface area contributed by atoms with Crippen LogP contribution < -0.4 is 0 Å². The summed E-state index contributed by atoms with van der Waals surface area (Å²) in [5.41, 5.74) is -0.848. The van der Waals surface area contributed by atoms with E-state index in [2.05, 4.69) is 4.98 Å². The summed E-state index contributed by atoms with van der Waals surface area (Å²) in [6.45, 7) is 0.824. The van der Waals surface area contributed by atoms with Crippen LogP contribution in [-0.2, 0) is 15.7 Å². The van der Waals surface area contributed by atoms with Gasteiger partial charge in [0.05, 0.1) is 30.4 Å². The molecule has 2 heterocycles. The van der Waals surface area contributed by atoms with E-state index in [1.807, 2.05) is 0 Å². The summed E-state index contributed by atoms with van der Waals surface area (Å²) in [6, 6.07) is 1.89. The Bertz CT molecular complexity index is 591. The SMILES string of the molecule is COC1CCC2OCCN(C(=O)c3ccc(C(F)(F)F)cn3)C2C1. The van der Waals surface area contributed by atoms with E-state index < -0.39 is 11.7 Å². The highest BCUT2D eigenvalue weighted by atomic mass is 19.4. The minimum atomic E-state index is -4.46. The van der Waals surface area contributed by atoms with Gasteiger partial charge >= 0.3 is 6.18 Å². The van der Waals surface area contributed by atoms with E-state index in [4.69, 9.17) is 9.47 Å². The second-order valence-corrected chi connectivity index (χ2v) is 6.08. The van der Waals surface area contributed by atoms with E-state index >= 15 is 0 Å². The number of pyridine rings is 1. The minimum absolute atomic E-state index is 0.0168. The number of hydrogen-bond acceptors (Lipinski definition) is 4. The Balaban J connectivity index is 1.77. The van der Waals surface area contributed by atoms with Crippen LogP contribution in [0.4, 0.5) is 13.2 Å². The number of carbonyl (C=O) groups is 1. The Kier molecular flexibility index (Phi) is 4.78. The second kappa shape index (κ2) is 6.68. The van der Waals surface area contributed by atoms with Gasteiger partial charge in [0.25, 0.3) is 5.91 Å². The van der Waals surface area contributed by atoms with Crippen molar-refractivity contribution in [3.8, 4) is 0 Å². The Morgan fingerprint density at radius 1 is 1.38 bits per heavy atom. The van der Waals surface area contributed by atoms with E-state index in [0.29, 0.717) is 25.8 Å². The first kappa shape index (κ1) is 17.2. The summed E-state index contributed by atoms with van der Waals surface area (Å²) in [5.74, 6) is -0.362. The topological polar surface area (TPSA) is 51.7 Å². The molecule has 8 heteroatoms. The fraction of sp³-hybridized carbons (Fsp3) is 0.625. The number of morpholine rings is 1. The molecule has 132 valence electrons. The molecule has 0 spiro atoms. The molecular formula is C16H19F3N2O3. The van der Waals surface area contributed by atoms with Crippen LogP contribution in [-0.4, -0.2) is 54.3 Å². The third-order valence-electron chi connectivity index (χ3n) is 4.68. The molecule has 2 fully saturated rings. The molecule has 1 saturated carbocycles. The lowest BCUT2D eigenvalue weighted by Crippen LogP contribution is -2.57. The van der Waals surface area contributed by atoms with Gasteiger partial charge in [-0.2, -0.15) is 13.2 Å². The summed E-state index contributed by atoms with van der Waals surface area (Å²) < 4.78 is 49.0. The van der Waals surface area contributed by atoms with E-state index in [1.54, 1.807) is 12.0 Å². The maximum Gasteiger partial charge on any atom is 0.417 e. The first-order valence-electron chi connectivity index (χ1n) is 7.88. The largest absolute Gasteiger partial charge is 0.417 e. The number of amides is 1. The van der Waals surface area contributed by atoms with Gasteiger partial charge in [0.2, 0.25) is 0 Å². The van der Waals surface area contributed by atoms with E-state index in [9.17, 15) is 18.0 Å². The predicted octanol–water partition coefficient (Wildman–Crippen LogP) is 2.51. The monoisotopic (exact) mass is 344 g/mol. The van der Waals surface area contributed by atoms with Crippen LogP contribution in [0.25, 0.3) is 0 Å². The summed E-state index contributed by atoms with van der Waals surface area (Å²) >= 11 is 0. The van der Waals surface area contributed by atoms with Crippen LogP contribution in [0, 0.1) is 0 Å². The average molecular weight is 344 g/mol. The smallest absolute Gasteiger partial charge is 0.381 e. The number of hydrogen-bond donors (Lipinski definition) is 0. The van der Waals surface area contributed by atoms with Crippen molar-refractivity contribution >= 4 is 5.91 Å². The standard InChI is InChI=1S/C16H19F3N2O3/c1-23-11-3-5-14-13(8-11)21(6-7-24-14)15(22)12-4-2-10(9-20-12)16(17,18)19/h2,4,9,11,13-14H,3,5-8H2,1H3.